The van der Waals surface area contributed by atoms with Crippen molar-refractivity contribution in [1.82, 2.24) is 5.16 Å². The van der Waals surface area contributed by atoms with E-state index < -0.39 is 12.2 Å². The number of aromatic nitrogens is 1. The molecule has 0 aliphatic heterocycles. The zero-order valence-electron chi connectivity index (χ0n) is 13.7. The topological polar surface area (TPSA) is 66.5 Å². The summed E-state index contributed by atoms with van der Waals surface area (Å²) in [6, 6.07) is 17.4. The number of hydrogen-bond donors (Lipinski definition) is 2. The van der Waals surface area contributed by atoms with E-state index in [1.807, 2.05) is 30.3 Å². The molecule has 2 aromatic carbocycles. The lowest BCUT2D eigenvalue weighted by Crippen LogP contribution is -2.13. The van der Waals surface area contributed by atoms with E-state index in [0.29, 0.717) is 24.3 Å². The number of aliphatic hydroxyl groups excluding tert-OH is 2. The van der Waals surface area contributed by atoms with Crippen LogP contribution in [0.15, 0.2) is 65.2 Å². The summed E-state index contributed by atoms with van der Waals surface area (Å²) in [6.45, 7) is 0. The van der Waals surface area contributed by atoms with Crippen molar-refractivity contribution in [2.75, 3.05) is 0 Å². The standard InChI is InChI=1S/C20H20FNO3/c21-16-9-6-14(7-10-16)8-11-17(23)12-19(24)18-13-20(25-22-18)15-4-2-1-3-5-15/h1-7,9-10,13,17,19,23-24H,8,11-12H2/t17-,19+/m0/s1. The highest BCUT2D eigenvalue weighted by molar-refractivity contribution is 5.56. The molecule has 3 rings (SSSR count). The number of hydrogen-bond acceptors (Lipinski definition) is 4. The Bertz CT molecular complexity index is 786. The fourth-order valence-electron chi connectivity index (χ4n) is 2.67. The summed E-state index contributed by atoms with van der Waals surface area (Å²) in [5, 5.41) is 24.3. The average Bonchev–Trinajstić information content (AvgIpc) is 3.12. The van der Waals surface area contributed by atoms with E-state index >= 15 is 0 Å². The third-order valence-electron chi connectivity index (χ3n) is 4.10. The van der Waals surface area contributed by atoms with Crippen LogP contribution in [0.2, 0.25) is 0 Å². The number of aliphatic hydroxyl groups is 2. The minimum Gasteiger partial charge on any atom is -0.393 e. The molecule has 0 aliphatic carbocycles. The van der Waals surface area contributed by atoms with E-state index in [1.165, 1.54) is 12.1 Å². The van der Waals surface area contributed by atoms with Gasteiger partial charge in [0, 0.05) is 18.1 Å². The highest BCUT2D eigenvalue weighted by atomic mass is 19.1. The molecule has 5 heteroatoms. The molecule has 130 valence electrons. The molecule has 0 saturated carbocycles. The molecule has 1 heterocycles. The highest BCUT2D eigenvalue weighted by Crippen LogP contribution is 2.25. The van der Waals surface area contributed by atoms with Gasteiger partial charge in [-0.15, -0.1) is 0 Å². The molecular weight excluding hydrogens is 321 g/mol. The van der Waals surface area contributed by atoms with Crippen LogP contribution in [0.5, 0.6) is 0 Å². The quantitative estimate of drug-likeness (QED) is 0.684. The predicted molar refractivity (Wildman–Crippen MR) is 92.2 cm³/mol. The van der Waals surface area contributed by atoms with Crippen LogP contribution in [-0.4, -0.2) is 21.5 Å². The second-order valence-electron chi connectivity index (χ2n) is 6.05. The normalized spacial score (nSPS) is 13.6. The van der Waals surface area contributed by atoms with E-state index in [4.69, 9.17) is 4.52 Å². The Labute approximate surface area is 145 Å². The van der Waals surface area contributed by atoms with Crippen molar-refractivity contribution in [3.8, 4) is 11.3 Å². The van der Waals surface area contributed by atoms with Crippen molar-refractivity contribution < 1.29 is 19.1 Å². The Morgan fingerprint density at radius 1 is 1.00 bits per heavy atom. The summed E-state index contributed by atoms with van der Waals surface area (Å²) in [5.74, 6) is 0.301. The molecule has 0 bridgehead atoms. The Balaban J connectivity index is 1.54. The van der Waals surface area contributed by atoms with Gasteiger partial charge in [-0.2, -0.15) is 0 Å². The highest BCUT2D eigenvalue weighted by Gasteiger charge is 2.18. The molecule has 0 saturated heterocycles. The summed E-state index contributed by atoms with van der Waals surface area (Å²) in [6.07, 6.45) is -0.322. The van der Waals surface area contributed by atoms with E-state index in [2.05, 4.69) is 5.16 Å². The molecule has 0 fully saturated rings. The van der Waals surface area contributed by atoms with Gasteiger partial charge in [-0.25, -0.2) is 4.39 Å². The Hall–Kier alpha value is -2.50. The van der Waals surface area contributed by atoms with Crippen LogP contribution in [0, 0.1) is 5.82 Å². The Morgan fingerprint density at radius 2 is 1.72 bits per heavy atom. The average molecular weight is 341 g/mol. The zero-order valence-corrected chi connectivity index (χ0v) is 13.7. The van der Waals surface area contributed by atoms with Crippen molar-refractivity contribution in [2.45, 2.75) is 31.5 Å². The molecule has 0 amide bonds. The molecule has 0 aliphatic rings. The smallest absolute Gasteiger partial charge is 0.167 e. The summed E-state index contributed by atoms with van der Waals surface area (Å²) in [4.78, 5) is 0. The van der Waals surface area contributed by atoms with Crippen LogP contribution < -0.4 is 0 Å². The predicted octanol–water partition coefficient (Wildman–Crippen LogP) is 3.90. The molecule has 1 aromatic heterocycles. The molecule has 0 radical (unpaired) electrons. The van der Waals surface area contributed by atoms with Crippen LogP contribution in [0.25, 0.3) is 11.3 Å². The van der Waals surface area contributed by atoms with Crippen LogP contribution in [-0.2, 0) is 6.42 Å². The number of aryl methyl sites for hydroxylation is 1. The summed E-state index contributed by atoms with van der Waals surface area (Å²) in [7, 11) is 0. The van der Waals surface area contributed by atoms with E-state index in [9.17, 15) is 14.6 Å². The monoisotopic (exact) mass is 341 g/mol. The molecule has 4 nitrogen and oxygen atoms in total. The summed E-state index contributed by atoms with van der Waals surface area (Å²) >= 11 is 0. The van der Waals surface area contributed by atoms with Gasteiger partial charge in [0.25, 0.3) is 0 Å². The lowest BCUT2D eigenvalue weighted by atomic mass is 10.0. The van der Waals surface area contributed by atoms with Gasteiger partial charge in [-0.05, 0) is 30.5 Å². The van der Waals surface area contributed by atoms with Gasteiger partial charge in [0.1, 0.15) is 17.6 Å². The maximum absolute atomic E-state index is 12.9. The van der Waals surface area contributed by atoms with Crippen molar-refractivity contribution in [1.29, 1.82) is 0 Å². The first kappa shape index (κ1) is 17.3. The molecule has 0 unspecified atom stereocenters. The number of nitrogens with zero attached hydrogens (tertiary/aromatic N) is 1. The van der Waals surface area contributed by atoms with Crippen molar-refractivity contribution >= 4 is 0 Å². The SMILES string of the molecule is O[C@@H](CCc1ccc(F)cc1)C[C@@H](O)c1cc(-c2ccccc2)on1. The van der Waals surface area contributed by atoms with Crippen LogP contribution in [0.1, 0.15) is 30.2 Å². The molecule has 25 heavy (non-hydrogen) atoms. The van der Waals surface area contributed by atoms with Gasteiger partial charge in [0.05, 0.1) is 6.10 Å². The first-order valence-electron chi connectivity index (χ1n) is 8.24. The van der Waals surface area contributed by atoms with Gasteiger partial charge in [-0.3, -0.25) is 0 Å². The maximum Gasteiger partial charge on any atom is 0.167 e. The van der Waals surface area contributed by atoms with Gasteiger partial charge in [0.2, 0.25) is 0 Å². The van der Waals surface area contributed by atoms with Crippen molar-refractivity contribution in [3.05, 3.63) is 77.7 Å². The molecular formula is C20H20FNO3. The first-order valence-corrected chi connectivity index (χ1v) is 8.24. The van der Waals surface area contributed by atoms with E-state index in [1.54, 1.807) is 18.2 Å². The van der Waals surface area contributed by atoms with Gasteiger partial charge in [0.15, 0.2) is 5.76 Å². The number of benzene rings is 2. The lowest BCUT2D eigenvalue weighted by Gasteiger charge is -2.13. The third-order valence-corrected chi connectivity index (χ3v) is 4.10. The largest absolute Gasteiger partial charge is 0.393 e. The van der Waals surface area contributed by atoms with Crippen molar-refractivity contribution in [3.63, 3.8) is 0 Å². The second-order valence-corrected chi connectivity index (χ2v) is 6.05. The fourth-order valence-corrected chi connectivity index (χ4v) is 2.67. The minimum atomic E-state index is -0.899. The molecule has 2 atom stereocenters. The van der Waals surface area contributed by atoms with Gasteiger partial charge < -0.3 is 14.7 Å². The van der Waals surface area contributed by atoms with E-state index in [0.717, 1.165) is 11.1 Å². The van der Waals surface area contributed by atoms with Crippen LogP contribution in [0.4, 0.5) is 4.39 Å². The van der Waals surface area contributed by atoms with Crippen LogP contribution in [0.3, 0.4) is 0 Å². The Morgan fingerprint density at radius 3 is 2.44 bits per heavy atom. The van der Waals surface area contributed by atoms with Crippen molar-refractivity contribution in [2.24, 2.45) is 0 Å². The summed E-state index contributed by atoms with van der Waals surface area (Å²) in [5.41, 5.74) is 2.23. The number of rotatable bonds is 7. The van der Waals surface area contributed by atoms with Crippen LogP contribution >= 0.6 is 0 Å². The second kappa shape index (κ2) is 8.05. The maximum atomic E-state index is 12.9. The van der Waals surface area contributed by atoms with E-state index in [-0.39, 0.29) is 12.2 Å². The van der Waals surface area contributed by atoms with Gasteiger partial charge >= 0.3 is 0 Å². The molecule has 0 spiro atoms. The molecule has 2 N–H and O–H groups in total. The summed E-state index contributed by atoms with van der Waals surface area (Å²) < 4.78 is 18.1. The third kappa shape index (κ3) is 4.75. The fraction of sp³-hybridized carbons (Fsp3) is 0.250. The minimum absolute atomic E-state index is 0.169. The van der Waals surface area contributed by atoms with Gasteiger partial charge in [-0.1, -0.05) is 47.6 Å². The lowest BCUT2D eigenvalue weighted by molar-refractivity contribution is 0.0717. The first-order chi connectivity index (χ1) is 12.1. The zero-order chi connectivity index (χ0) is 17.6. The Kier molecular flexibility index (Phi) is 5.58. The molecule has 3 aromatic rings. The number of halogens is 1.